The lowest BCUT2D eigenvalue weighted by molar-refractivity contribution is -0.228. The first kappa shape index (κ1) is 22.6. The summed E-state index contributed by atoms with van der Waals surface area (Å²) in [5.41, 5.74) is -4.90. The average molecular weight is 437 g/mol. The fourth-order valence-electron chi connectivity index (χ4n) is 7.64. The van der Waals surface area contributed by atoms with Crippen LogP contribution in [0.1, 0.15) is 66.2 Å². The fourth-order valence-corrected chi connectivity index (χ4v) is 7.64. The van der Waals surface area contributed by atoms with Crippen molar-refractivity contribution in [3.05, 3.63) is 11.6 Å². The predicted octanol–water partition coefficient (Wildman–Crippen LogP) is 2.69. The zero-order valence-electron chi connectivity index (χ0n) is 18.7. The number of carbonyl (C=O) groups excluding carboxylic acids is 3. The van der Waals surface area contributed by atoms with Crippen LogP contribution in [0.4, 0.5) is 4.39 Å². The number of fused-ring (bicyclic) bond motifs is 5. The van der Waals surface area contributed by atoms with Crippen LogP contribution in [0.2, 0.25) is 0 Å². The topological polar surface area (TPSA) is 101 Å². The Balaban J connectivity index is 1.72. The van der Waals surface area contributed by atoms with Crippen LogP contribution in [0.25, 0.3) is 0 Å². The first-order valence-electron chi connectivity index (χ1n) is 11.3. The third kappa shape index (κ3) is 2.78. The number of allylic oxidation sites excluding steroid dienone is 1. The summed E-state index contributed by atoms with van der Waals surface area (Å²) in [5, 5.41) is 22.7. The number of alkyl halides is 1. The Morgan fingerprint density at radius 2 is 1.90 bits per heavy atom. The van der Waals surface area contributed by atoms with E-state index >= 15 is 4.39 Å². The molecule has 0 radical (unpaired) electrons. The molecule has 7 heteroatoms. The molecule has 0 aromatic heterocycles. The Kier molecular flexibility index (Phi) is 5.06. The fraction of sp³-hybridized carbons (Fsp3) is 0.792. The van der Waals surface area contributed by atoms with Gasteiger partial charge < -0.3 is 14.9 Å². The van der Waals surface area contributed by atoms with Crippen LogP contribution in [-0.2, 0) is 19.1 Å². The SMILES string of the molecule is CC(=O)OCC(=O)[C@@]1(O)CCC2C3CCC4=CC(=O)[C@H](C)CC4(C)[C@@]3(F)C(O)CC21C. The van der Waals surface area contributed by atoms with Crippen LogP contribution in [0, 0.1) is 28.6 Å². The second-order valence-corrected chi connectivity index (χ2v) is 10.8. The summed E-state index contributed by atoms with van der Waals surface area (Å²) in [7, 11) is 0. The summed E-state index contributed by atoms with van der Waals surface area (Å²) in [4.78, 5) is 36.3. The van der Waals surface area contributed by atoms with Crippen molar-refractivity contribution in [2.24, 2.45) is 28.6 Å². The summed E-state index contributed by atoms with van der Waals surface area (Å²) in [6, 6.07) is 0. The second-order valence-electron chi connectivity index (χ2n) is 10.8. The van der Waals surface area contributed by atoms with E-state index in [1.165, 1.54) is 6.92 Å². The van der Waals surface area contributed by atoms with Gasteiger partial charge in [0.05, 0.1) is 6.10 Å². The van der Waals surface area contributed by atoms with Crippen molar-refractivity contribution < 1.29 is 33.7 Å². The number of esters is 1. The molecule has 4 aliphatic rings. The first-order chi connectivity index (χ1) is 14.3. The third-order valence-corrected chi connectivity index (χ3v) is 9.37. The number of halogens is 1. The Labute approximate surface area is 182 Å². The molecule has 4 aliphatic carbocycles. The van der Waals surface area contributed by atoms with Crippen molar-refractivity contribution in [1.29, 1.82) is 0 Å². The maximum Gasteiger partial charge on any atom is 0.303 e. The number of ether oxygens (including phenoxy) is 1. The second kappa shape index (κ2) is 6.95. The zero-order chi connectivity index (χ0) is 23.0. The van der Waals surface area contributed by atoms with Crippen LogP contribution < -0.4 is 0 Å². The molecule has 6 nitrogen and oxygen atoms in total. The van der Waals surface area contributed by atoms with Crippen LogP contribution in [-0.4, -0.2) is 51.7 Å². The van der Waals surface area contributed by atoms with Gasteiger partial charge >= 0.3 is 5.97 Å². The van der Waals surface area contributed by atoms with E-state index in [2.05, 4.69) is 0 Å². The van der Waals surface area contributed by atoms with Gasteiger partial charge in [-0.3, -0.25) is 14.4 Å². The van der Waals surface area contributed by atoms with Gasteiger partial charge in [0.25, 0.3) is 0 Å². The van der Waals surface area contributed by atoms with Crippen LogP contribution in [0.5, 0.6) is 0 Å². The number of rotatable bonds is 3. The van der Waals surface area contributed by atoms with Gasteiger partial charge in [-0.2, -0.15) is 0 Å². The van der Waals surface area contributed by atoms with Crippen molar-refractivity contribution in [3.63, 3.8) is 0 Å². The normalized spacial score (nSPS) is 48.9. The molecular formula is C24H33FO6. The molecule has 4 rings (SSSR count). The number of ketones is 2. The maximum atomic E-state index is 17.1. The van der Waals surface area contributed by atoms with E-state index in [4.69, 9.17) is 4.74 Å². The van der Waals surface area contributed by atoms with Crippen LogP contribution in [0.3, 0.4) is 0 Å². The Morgan fingerprint density at radius 1 is 1.23 bits per heavy atom. The highest BCUT2D eigenvalue weighted by Crippen LogP contribution is 2.70. The lowest BCUT2D eigenvalue weighted by atomic mass is 9.43. The molecule has 0 spiro atoms. The number of aliphatic hydroxyl groups excluding tert-OH is 1. The standard InChI is InChI=1S/C24H33FO6/c1-13-10-21(3)15(9-18(13)27)5-6-17-16-7-8-23(30,20(29)12-31-14(2)26)22(16,4)11-19(28)24(17,21)25/h9,13,16-17,19,28,30H,5-8,10-12H2,1-4H3/t13-,16?,17?,19?,21?,22?,23+,24+/m1/s1. The van der Waals surface area contributed by atoms with E-state index in [1.807, 2.05) is 6.92 Å². The van der Waals surface area contributed by atoms with E-state index in [0.29, 0.717) is 25.7 Å². The Morgan fingerprint density at radius 3 is 2.55 bits per heavy atom. The molecule has 0 amide bonds. The van der Waals surface area contributed by atoms with Crippen LogP contribution in [0.15, 0.2) is 11.6 Å². The lowest BCUT2D eigenvalue weighted by Crippen LogP contribution is -2.69. The molecular weight excluding hydrogens is 403 g/mol. The number of hydrogen-bond donors (Lipinski definition) is 2. The van der Waals surface area contributed by atoms with Crippen LogP contribution >= 0.6 is 0 Å². The third-order valence-electron chi connectivity index (χ3n) is 9.37. The largest absolute Gasteiger partial charge is 0.458 e. The van der Waals surface area contributed by atoms with E-state index in [1.54, 1.807) is 19.9 Å². The number of carbonyl (C=O) groups is 3. The maximum absolute atomic E-state index is 17.1. The van der Waals surface area contributed by atoms with Gasteiger partial charge in [-0.1, -0.05) is 26.3 Å². The van der Waals surface area contributed by atoms with E-state index in [-0.39, 0.29) is 30.5 Å². The molecule has 5 unspecified atom stereocenters. The van der Waals surface area contributed by atoms with Gasteiger partial charge in [-0.25, -0.2) is 4.39 Å². The predicted molar refractivity (Wildman–Crippen MR) is 110 cm³/mol. The summed E-state index contributed by atoms with van der Waals surface area (Å²) in [5.74, 6) is -2.32. The minimum atomic E-state index is -1.93. The monoisotopic (exact) mass is 436 g/mol. The summed E-state index contributed by atoms with van der Waals surface area (Å²) >= 11 is 0. The minimum Gasteiger partial charge on any atom is -0.458 e. The van der Waals surface area contributed by atoms with Crippen molar-refractivity contribution in [2.75, 3.05) is 6.61 Å². The zero-order valence-corrected chi connectivity index (χ0v) is 18.7. The molecule has 31 heavy (non-hydrogen) atoms. The van der Waals surface area contributed by atoms with Crippen molar-refractivity contribution in [3.8, 4) is 0 Å². The van der Waals surface area contributed by atoms with E-state index < -0.39 is 52.5 Å². The first-order valence-corrected chi connectivity index (χ1v) is 11.3. The van der Waals surface area contributed by atoms with Gasteiger partial charge in [-0.15, -0.1) is 0 Å². The van der Waals surface area contributed by atoms with E-state index in [9.17, 15) is 24.6 Å². The summed E-state index contributed by atoms with van der Waals surface area (Å²) in [6.07, 6.45) is 2.15. The van der Waals surface area contributed by atoms with Gasteiger partial charge in [0.2, 0.25) is 5.78 Å². The molecule has 0 aromatic carbocycles. The molecule has 3 saturated carbocycles. The quantitative estimate of drug-likeness (QED) is 0.660. The minimum absolute atomic E-state index is 0.0102. The number of Topliss-reactive ketones (excluding diaryl/α,β-unsaturated/α-hetero) is 1. The molecule has 0 heterocycles. The van der Waals surface area contributed by atoms with E-state index in [0.717, 1.165) is 5.57 Å². The molecule has 0 aliphatic heterocycles. The Hall–Kier alpha value is -1.60. The smallest absolute Gasteiger partial charge is 0.303 e. The molecule has 0 aromatic rings. The molecule has 2 N–H and O–H groups in total. The summed E-state index contributed by atoms with van der Waals surface area (Å²) in [6.45, 7) is 6.06. The molecule has 8 atom stereocenters. The molecule has 172 valence electrons. The summed E-state index contributed by atoms with van der Waals surface area (Å²) < 4.78 is 22.0. The highest BCUT2D eigenvalue weighted by molar-refractivity contribution is 5.93. The Bertz CT molecular complexity index is 868. The molecule has 3 fully saturated rings. The lowest BCUT2D eigenvalue weighted by Gasteiger charge is -2.63. The number of hydrogen-bond acceptors (Lipinski definition) is 6. The molecule has 0 bridgehead atoms. The van der Waals surface area contributed by atoms with Crippen molar-refractivity contribution in [1.82, 2.24) is 0 Å². The highest BCUT2D eigenvalue weighted by Gasteiger charge is 2.74. The molecule has 0 saturated heterocycles. The van der Waals surface area contributed by atoms with Crippen molar-refractivity contribution in [2.45, 2.75) is 83.6 Å². The van der Waals surface area contributed by atoms with Gasteiger partial charge in [-0.05, 0) is 50.5 Å². The van der Waals surface area contributed by atoms with Gasteiger partial charge in [0.15, 0.2) is 12.4 Å². The number of aliphatic hydroxyl groups is 2. The van der Waals surface area contributed by atoms with Gasteiger partial charge in [0.1, 0.15) is 11.3 Å². The van der Waals surface area contributed by atoms with Gasteiger partial charge in [0, 0.05) is 29.6 Å². The highest BCUT2D eigenvalue weighted by atomic mass is 19.1. The average Bonchev–Trinajstić information content (AvgIpc) is 2.94. The van der Waals surface area contributed by atoms with Crippen molar-refractivity contribution >= 4 is 17.5 Å².